The first kappa shape index (κ1) is 53.5. The molecule has 83 heavy (non-hydrogen) atoms. The Morgan fingerprint density at radius 3 is 1.39 bits per heavy atom. The van der Waals surface area contributed by atoms with Crippen molar-refractivity contribution in [3.8, 4) is 61.8 Å². The maximum Gasteiger partial charge on any atom is 0.285 e. The van der Waals surface area contributed by atoms with Crippen LogP contribution in [0.3, 0.4) is 0 Å². The highest BCUT2D eigenvalue weighted by molar-refractivity contribution is 7.91. The van der Waals surface area contributed by atoms with Crippen LogP contribution in [0.1, 0.15) is 61.1 Å². The highest BCUT2D eigenvalue weighted by atomic mass is 32.2. The number of nitrogens with one attached hydrogen (secondary N) is 3. The van der Waals surface area contributed by atoms with Crippen molar-refractivity contribution in [2.24, 2.45) is 0 Å². The number of aromatic nitrogens is 8. The summed E-state index contributed by atoms with van der Waals surface area (Å²) in [5, 5.41) is 3.13. The summed E-state index contributed by atoms with van der Waals surface area (Å²) in [7, 11) is -2.21. The third-order valence-electron chi connectivity index (χ3n) is 14.8. The molecule has 2 aliphatic heterocycles. The average Bonchev–Trinajstić information content (AvgIpc) is 4.56. The number of aromatic amines is 2. The van der Waals surface area contributed by atoms with E-state index in [9.17, 15) is 13.2 Å². The summed E-state index contributed by atoms with van der Waals surface area (Å²) in [5.41, 5.74) is 16.0. The second-order valence-corrected chi connectivity index (χ2v) is 23.2. The van der Waals surface area contributed by atoms with Gasteiger partial charge in [-0.1, -0.05) is 32.9 Å². The topological polar surface area (TPSA) is 182 Å². The number of aryl methyl sites for hydroxylation is 1. The van der Waals surface area contributed by atoms with Gasteiger partial charge in [-0.25, -0.2) is 18.4 Å². The van der Waals surface area contributed by atoms with Crippen molar-refractivity contribution in [1.29, 1.82) is 0 Å². The van der Waals surface area contributed by atoms with Crippen LogP contribution in [0.2, 0.25) is 0 Å². The van der Waals surface area contributed by atoms with Gasteiger partial charge in [0.05, 0.1) is 39.7 Å². The van der Waals surface area contributed by atoms with Gasteiger partial charge in [-0.15, -0.1) is 0 Å². The maximum atomic E-state index is 13.6. The van der Waals surface area contributed by atoms with E-state index in [1.54, 1.807) is 73.6 Å². The van der Waals surface area contributed by atoms with Gasteiger partial charge in [0.25, 0.3) is 5.91 Å². The highest BCUT2D eigenvalue weighted by Gasteiger charge is 2.23. The quantitative estimate of drug-likeness (QED) is 0.0660. The molecule has 7 aromatic heterocycles. The molecule has 0 spiro atoms. The van der Waals surface area contributed by atoms with Crippen LogP contribution in [0, 0.1) is 0 Å². The van der Waals surface area contributed by atoms with Gasteiger partial charge in [-0.2, -0.15) is 4.57 Å². The van der Waals surface area contributed by atoms with Crippen molar-refractivity contribution >= 4 is 62.1 Å². The summed E-state index contributed by atoms with van der Waals surface area (Å²) in [6, 6.07) is 43.3. The van der Waals surface area contributed by atoms with Crippen molar-refractivity contribution in [2.75, 3.05) is 13.7 Å². The number of benzene rings is 3. The van der Waals surface area contributed by atoms with E-state index < -0.39 is 9.84 Å². The Labute approximate surface area is 481 Å². The lowest BCUT2D eigenvalue weighted by molar-refractivity contribution is -0.684. The molecule has 12 rings (SSSR count). The van der Waals surface area contributed by atoms with Crippen LogP contribution in [0.4, 0.5) is 0 Å². The number of rotatable bonds is 15. The summed E-state index contributed by atoms with van der Waals surface area (Å²) in [5.74, 6) is 1.62. The van der Waals surface area contributed by atoms with E-state index in [1.165, 1.54) is 19.2 Å². The molecule has 3 aromatic carbocycles. The summed E-state index contributed by atoms with van der Waals surface area (Å²) >= 11 is 0. The molecule has 10 aromatic rings. The molecule has 0 saturated heterocycles. The number of fused-ring (bicyclic) bond motifs is 8. The number of methoxy groups -OCH3 is 1. The van der Waals surface area contributed by atoms with Gasteiger partial charge < -0.3 is 24.8 Å². The number of carbonyl (C=O) groups is 1. The minimum Gasteiger partial charge on any atom is -0.497 e. The Bertz CT molecular complexity index is 4370. The predicted molar refractivity (Wildman–Crippen MR) is 326 cm³/mol. The molecule has 410 valence electrons. The van der Waals surface area contributed by atoms with Crippen molar-refractivity contribution < 1.29 is 27.3 Å². The normalized spacial score (nSPS) is 12.1. The first-order chi connectivity index (χ1) is 40.4. The monoisotopic (exact) mass is 1110 g/mol. The number of sulfone groups is 1. The van der Waals surface area contributed by atoms with E-state index >= 15 is 0 Å². The molecule has 15 heteroatoms. The van der Waals surface area contributed by atoms with Crippen molar-refractivity contribution in [2.45, 2.75) is 55.4 Å². The van der Waals surface area contributed by atoms with E-state index in [-0.39, 0.29) is 27.7 Å². The molecule has 0 saturated carbocycles. The van der Waals surface area contributed by atoms with Crippen molar-refractivity contribution in [3.05, 3.63) is 223 Å². The van der Waals surface area contributed by atoms with Gasteiger partial charge in [-0.05, 0) is 191 Å². The lowest BCUT2D eigenvalue weighted by Gasteiger charge is -2.21. The lowest BCUT2D eigenvalue weighted by atomic mass is 9.85. The van der Waals surface area contributed by atoms with Gasteiger partial charge in [-0.3, -0.25) is 19.7 Å². The summed E-state index contributed by atoms with van der Waals surface area (Å²) in [6.07, 6.45) is 24.1. The number of hydrogen-bond donors (Lipinski definition) is 3. The Morgan fingerprint density at radius 1 is 0.542 bits per heavy atom. The second kappa shape index (κ2) is 22.8. The SMILES string of the molecule is COc1ccc(S(=O)(=O)c2ccc(Oc3ccc(C(C)(C)C)cc3CCCNC(=O)C[n+]3ccc(-c4c5nc(c(-c6ccncc6)c6ccc([nH]6)c(-c6ccncc6)c6nc(c(-c7ccncc7)c7ccc4[nH]7)C=C6)C=C5)cc3)cc2)cc1. The molecule has 14 nitrogen and oxygen atoms in total. The third-order valence-corrected chi connectivity index (χ3v) is 16.6. The Kier molecular flexibility index (Phi) is 14.7. The number of hydrogen-bond acceptors (Lipinski definition) is 10. The molecule has 8 bridgehead atoms. The molecule has 3 N–H and O–H groups in total. The van der Waals surface area contributed by atoms with Gasteiger partial charge in [0.2, 0.25) is 16.4 Å². The Balaban J connectivity index is 0.826. The summed E-state index contributed by atoms with van der Waals surface area (Å²) < 4.78 is 40.3. The first-order valence-corrected chi connectivity index (χ1v) is 28.8. The zero-order chi connectivity index (χ0) is 57.1. The van der Waals surface area contributed by atoms with Gasteiger partial charge in [0, 0.05) is 100 Å². The van der Waals surface area contributed by atoms with E-state index in [1.807, 2.05) is 71.6 Å². The maximum absolute atomic E-state index is 13.6. The molecular weight excluding hydrogens is 1050 g/mol. The Hall–Kier alpha value is -10.1. The summed E-state index contributed by atoms with van der Waals surface area (Å²) in [4.78, 5) is 45.3. The highest BCUT2D eigenvalue weighted by Crippen LogP contribution is 2.39. The van der Waals surface area contributed by atoms with E-state index in [0.29, 0.717) is 36.6 Å². The summed E-state index contributed by atoms with van der Waals surface area (Å²) in [6.45, 7) is 7.05. The number of H-pyrrole nitrogens is 2. The smallest absolute Gasteiger partial charge is 0.285 e. The van der Waals surface area contributed by atoms with Gasteiger partial charge in [0.15, 0.2) is 12.4 Å². The minimum absolute atomic E-state index is 0.112. The largest absolute Gasteiger partial charge is 0.497 e. The molecule has 0 unspecified atom stereocenters. The molecule has 1 amide bonds. The molecule has 0 aliphatic carbocycles. The van der Waals surface area contributed by atoms with Crippen LogP contribution >= 0.6 is 0 Å². The molecular formula is C68H58N9O5S+. The molecule has 2 aliphatic rings. The average molecular weight is 1110 g/mol. The lowest BCUT2D eigenvalue weighted by Crippen LogP contribution is -2.42. The zero-order valence-electron chi connectivity index (χ0n) is 46.2. The fourth-order valence-electron chi connectivity index (χ4n) is 10.5. The predicted octanol–water partition coefficient (Wildman–Crippen LogP) is 13.5. The number of pyridine rings is 4. The van der Waals surface area contributed by atoms with Crippen LogP contribution in [0.25, 0.3) is 90.9 Å². The van der Waals surface area contributed by atoms with Crippen LogP contribution in [0.15, 0.2) is 199 Å². The molecule has 0 atom stereocenters. The second-order valence-electron chi connectivity index (χ2n) is 21.2. The fraction of sp³-hybridized carbons (Fsp3) is 0.132. The number of ether oxygens (including phenoxy) is 2. The molecule has 0 radical (unpaired) electrons. The van der Waals surface area contributed by atoms with Crippen LogP contribution < -0.4 is 19.4 Å². The Morgan fingerprint density at radius 2 is 0.964 bits per heavy atom. The molecule has 0 fully saturated rings. The van der Waals surface area contributed by atoms with Crippen LogP contribution in [-0.4, -0.2) is 62.9 Å². The standard InChI is InChI=1S/C68H57N9O5S/c1-68(2,3)49-7-24-62(82-51-10-14-53(15-11-51)83(79,80)52-12-8-50(81-4)9-13-52)48(42-49)6-5-33-72-63(78)43-77-40-31-47(32-41-77)67-60-22-20-58(75-60)65(45-27-36-70-37-28-45)56-18-16-54(73-56)64(44-25-34-69-35-26-44)55-17-19-57(74-55)66(46-29-38-71-39-30-46)59-21-23-61(67)76-59/h7-32,34-42H,5-6,33,43H2,1-4H3,(H2,72,73,74,75,76,78)/p+1. The number of carbonyl (C=O) groups excluding carboxylic acids is 1. The van der Waals surface area contributed by atoms with Gasteiger partial charge >= 0.3 is 0 Å². The number of amides is 1. The minimum atomic E-state index is -3.75. The zero-order valence-corrected chi connectivity index (χ0v) is 47.0. The molecule has 9 heterocycles. The van der Waals surface area contributed by atoms with Crippen LogP contribution in [-0.2, 0) is 33.0 Å². The first-order valence-electron chi connectivity index (χ1n) is 27.3. The van der Waals surface area contributed by atoms with Crippen molar-refractivity contribution in [1.82, 2.24) is 40.2 Å². The van der Waals surface area contributed by atoms with E-state index in [0.717, 1.165) is 100 Å². The fourth-order valence-corrected chi connectivity index (χ4v) is 11.7. The van der Waals surface area contributed by atoms with E-state index in [2.05, 4.69) is 112 Å². The van der Waals surface area contributed by atoms with Crippen molar-refractivity contribution in [3.63, 3.8) is 0 Å². The third kappa shape index (κ3) is 11.3. The number of nitrogens with zero attached hydrogens (tertiary/aromatic N) is 6. The van der Waals surface area contributed by atoms with E-state index in [4.69, 9.17) is 19.4 Å². The van der Waals surface area contributed by atoms with Crippen LogP contribution in [0.5, 0.6) is 17.2 Å². The van der Waals surface area contributed by atoms with Gasteiger partial charge in [0.1, 0.15) is 17.2 Å².